The number of aromatic nitrogens is 1. The zero-order chi connectivity index (χ0) is 15.5. The lowest BCUT2D eigenvalue weighted by Gasteiger charge is -2.10. The lowest BCUT2D eigenvalue weighted by Crippen LogP contribution is -2.27. The molecule has 0 saturated heterocycles. The van der Waals surface area contributed by atoms with Crippen LogP contribution in [0.4, 0.5) is 4.39 Å². The number of nitrogens with two attached hydrogens (primary N) is 1. The van der Waals surface area contributed by atoms with Crippen LogP contribution in [0.15, 0.2) is 47.5 Å². The van der Waals surface area contributed by atoms with E-state index >= 15 is 0 Å². The van der Waals surface area contributed by atoms with Crippen LogP contribution in [0.5, 0.6) is 0 Å². The number of pyridine rings is 1. The van der Waals surface area contributed by atoms with Crippen molar-refractivity contribution in [3.63, 3.8) is 0 Å². The Balaban J connectivity index is 2.25. The Kier molecular flexibility index (Phi) is 4.61. The van der Waals surface area contributed by atoms with Gasteiger partial charge in [0.1, 0.15) is 21.4 Å². The van der Waals surface area contributed by atoms with E-state index in [4.69, 9.17) is 18.0 Å². The van der Waals surface area contributed by atoms with Gasteiger partial charge >= 0.3 is 0 Å². The highest BCUT2D eigenvalue weighted by molar-refractivity contribution is 7.89. The number of sulfonamides is 1. The van der Waals surface area contributed by atoms with E-state index in [0.717, 1.165) is 0 Å². The number of thiocarbonyl (C=S) groups is 1. The normalized spacial score (nSPS) is 11.3. The number of nitrogens with one attached hydrogen (secondary N) is 1. The van der Waals surface area contributed by atoms with Crippen LogP contribution >= 0.6 is 12.2 Å². The third kappa shape index (κ3) is 3.81. The lowest BCUT2D eigenvalue weighted by atomic mass is 10.2. The van der Waals surface area contributed by atoms with Gasteiger partial charge in [-0.25, -0.2) is 17.5 Å². The zero-order valence-electron chi connectivity index (χ0n) is 10.8. The van der Waals surface area contributed by atoms with Gasteiger partial charge in [0.15, 0.2) is 0 Å². The van der Waals surface area contributed by atoms with Gasteiger partial charge in [-0.05, 0) is 29.8 Å². The Labute approximate surface area is 127 Å². The molecule has 21 heavy (non-hydrogen) atoms. The van der Waals surface area contributed by atoms with Gasteiger partial charge in [0.25, 0.3) is 0 Å². The maximum Gasteiger partial charge on any atom is 0.243 e. The number of benzene rings is 1. The Morgan fingerprint density at radius 3 is 2.76 bits per heavy atom. The minimum absolute atomic E-state index is 0.0271. The summed E-state index contributed by atoms with van der Waals surface area (Å²) in [7, 11) is -3.85. The third-order valence-electron chi connectivity index (χ3n) is 2.65. The SMILES string of the molecule is NC(=S)c1ncccc1S(=O)(=O)NCc1cccc(F)c1. The van der Waals surface area contributed by atoms with Gasteiger partial charge in [-0.3, -0.25) is 4.98 Å². The Morgan fingerprint density at radius 2 is 2.10 bits per heavy atom. The van der Waals surface area contributed by atoms with Crippen LogP contribution in [0.1, 0.15) is 11.3 Å². The van der Waals surface area contributed by atoms with Crippen molar-refractivity contribution in [3.8, 4) is 0 Å². The average molecular weight is 325 g/mol. The summed E-state index contributed by atoms with van der Waals surface area (Å²) in [5.41, 5.74) is 5.99. The van der Waals surface area contributed by atoms with E-state index < -0.39 is 15.8 Å². The van der Waals surface area contributed by atoms with Crippen LogP contribution in [0, 0.1) is 5.82 Å². The summed E-state index contributed by atoms with van der Waals surface area (Å²) in [4.78, 5) is 3.66. The number of hydrogen-bond donors (Lipinski definition) is 2. The molecule has 2 rings (SSSR count). The predicted octanol–water partition coefficient (Wildman–Crippen LogP) is 1.33. The second-order valence-electron chi connectivity index (χ2n) is 4.17. The highest BCUT2D eigenvalue weighted by Gasteiger charge is 2.20. The molecule has 0 aliphatic rings. The van der Waals surface area contributed by atoms with E-state index in [1.54, 1.807) is 6.07 Å². The molecule has 2 aromatic rings. The second-order valence-corrected chi connectivity index (χ2v) is 6.34. The minimum Gasteiger partial charge on any atom is -0.388 e. The quantitative estimate of drug-likeness (QED) is 0.810. The lowest BCUT2D eigenvalue weighted by molar-refractivity contribution is 0.579. The first kappa shape index (κ1) is 15.5. The van der Waals surface area contributed by atoms with Crippen LogP contribution < -0.4 is 10.5 Å². The molecule has 0 radical (unpaired) electrons. The molecule has 0 amide bonds. The van der Waals surface area contributed by atoms with E-state index in [9.17, 15) is 12.8 Å². The average Bonchev–Trinajstić information content (AvgIpc) is 2.45. The summed E-state index contributed by atoms with van der Waals surface area (Å²) in [6, 6.07) is 8.48. The summed E-state index contributed by atoms with van der Waals surface area (Å²) in [6.07, 6.45) is 1.40. The highest BCUT2D eigenvalue weighted by Crippen LogP contribution is 2.13. The Hall–Kier alpha value is -1.90. The molecule has 1 aromatic carbocycles. The predicted molar refractivity (Wildman–Crippen MR) is 80.5 cm³/mol. The van der Waals surface area contributed by atoms with E-state index in [-0.39, 0.29) is 22.1 Å². The molecule has 3 N–H and O–H groups in total. The number of halogens is 1. The fraction of sp³-hybridized carbons (Fsp3) is 0.0769. The molecule has 0 bridgehead atoms. The van der Waals surface area contributed by atoms with Gasteiger partial charge in [-0.15, -0.1) is 0 Å². The van der Waals surface area contributed by atoms with Crippen LogP contribution in [-0.4, -0.2) is 18.4 Å². The van der Waals surface area contributed by atoms with Crippen LogP contribution in [0.3, 0.4) is 0 Å². The molecule has 0 spiro atoms. The fourth-order valence-corrected chi connectivity index (χ4v) is 3.11. The van der Waals surface area contributed by atoms with E-state index in [1.165, 1.54) is 36.5 Å². The highest BCUT2D eigenvalue weighted by atomic mass is 32.2. The molecule has 0 aliphatic heterocycles. The first-order valence-corrected chi connectivity index (χ1v) is 7.78. The van der Waals surface area contributed by atoms with Gasteiger partial charge in [0.05, 0.1) is 0 Å². The van der Waals surface area contributed by atoms with Crippen molar-refractivity contribution >= 4 is 27.2 Å². The summed E-state index contributed by atoms with van der Waals surface area (Å²) < 4.78 is 39.9. The standard InChI is InChI=1S/C13H12FN3O2S2/c14-10-4-1-3-9(7-10)8-17-21(18,19)11-5-2-6-16-12(11)13(15)20/h1-7,17H,8H2,(H2,15,20). The van der Waals surface area contributed by atoms with E-state index in [2.05, 4.69) is 9.71 Å². The second kappa shape index (κ2) is 6.25. The van der Waals surface area contributed by atoms with Crippen LogP contribution in [-0.2, 0) is 16.6 Å². The molecule has 0 atom stereocenters. The summed E-state index contributed by atoms with van der Waals surface area (Å²) >= 11 is 4.79. The molecule has 1 heterocycles. The summed E-state index contributed by atoms with van der Waals surface area (Å²) in [5, 5.41) is 0. The monoisotopic (exact) mass is 325 g/mol. The Bertz CT molecular complexity index is 778. The third-order valence-corrected chi connectivity index (χ3v) is 4.28. The maximum atomic E-state index is 13.1. The van der Waals surface area contributed by atoms with Gasteiger partial charge in [-0.2, -0.15) is 0 Å². The summed E-state index contributed by atoms with van der Waals surface area (Å²) in [5.74, 6) is -0.433. The number of rotatable bonds is 5. The molecule has 0 fully saturated rings. The molecule has 0 unspecified atom stereocenters. The molecule has 0 saturated carbocycles. The Morgan fingerprint density at radius 1 is 1.33 bits per heavy atom. The van der Waals surface area contributed by atoms with Crippen LogP contribution in [0.25, 0.3) is 0 Å². The molecular formula is C13H12FN3O2S2. The van der Waals surface area contributed by atoms with Crippen molar-refractivity contribution in [2.45, 2.75) is 11.4 Å². The maximum absolute atomic E-state index is 13.1. The van der Waals surface area contributed by atoms with Crippen molar-refractivity contribution in [2.24, 2.45) is 5.73 Å². The fourth-order valence-electron chi connectivity index (χ4n) is 1.70. The largest absolute Gasteiger partial charge is 0.388 e. The molecule has 8 heteroatoms. The van der Waals surface area contributed by atoms with Crippen molar-refractivity contribution in [1.29, 1.82) is 0 Å². The minimum atomic E-state index is -3.85. The van der Waals surface area contributed by atoms with E-state index in [0.29, 0.717) is 5.56 Å². The molecule has 0 aliphatic carbocycles. The molecule has 110 valence electrons. The van der Waals surface area contributed by atoms with Gasteiger partial charge in [0, 0.05) is 12.7 Å². The van der Waals surface area contributed by atoms with E-state index in [1.807, 2.05) is 0 Å². The van der Waals surface area contributed by atoms with Gasteiger partial charge < -0.3 is 5.73 Å². The first-order valence-electron chi connectivity index (χ1n) is 5.89. The van der Waals surface area contributed by atoms with Crippen LogP contribution in [0.2, 0.25) is 0 Å². The number of nitrogens with zero attached hydrogens (tertiary/aromatic N) is 1. The topological polar surface area (TPSA) is 85.1 Å². The summed E-state index contributed by atoms with van der Waals surface area (Å²) in [6.45, 7) is -0.0498. The van der Waals surface area contributed by atoms with Crippen molar-refractivity contribution < 1.29 is 12.8 Å². The molecule has 5 nitrogen and oxygen atoms in total. The van der Waals surface area contributed by atoms with Gasteiger partial charge in [-0.1, -0.05) is 24.4 Å². The van der Waals surface area contributed by atoms with Crippen molar-refractivity contribution in [2.75, 3.05) is 0 Å². The van der Waals surface area contributed by atoms with Crippen molar-refractivity contribution in [3.05, 3.63) is 59.7 Å². The first-order chi connectivity index (χ1) is 9.90. The number of hydrogen-bond acceptors (Lipinski definition) is 4. The smallest absolute Gasteiger partial charge is 0.243 e. The van der Waals surface area contributed by atoms with Crippen molar-refractivity contribution in [1.82, 2.24) is 9.71 Å². The zero-order valence-corrected chi connectivity index (χ0v) is 12.4. The molecule has 1 aromatic heterocycles. The molecular weight excluding hydrogens is 313 g/mol. The van der Waals surface area contributed by atoms with Gasteiger partial charge in [0.2, 0.25) is 10.0 Å².